The zero-order valence-electron chi connectivity index (χ0n) is 14.0. The minimum Gasteiger partial charge on any atom is -0.495 e. The van der Waals surface area contributed by atoms with E-state index in [1.807, 2.05) is 13.8 Å². The second kappa shape index (κ2) is 7.33. The molecule has 2 aromatic rings. The second-order valence-electron chi connectivity index (χ2n) is 5.47. The molecule has 0 radical (unpaired) electrons. The molecule has 1 N–H and O–H groups in total. The largest absolute Gasteiger partial charge is 0.495 e. The molecule has 0 aliphatic carbocycles. The van der Waals surface area contributed by atoms with Crippen molar-refractivity contribution in [3.8, 4) is 5.75 Å². The monoisotopic (exact) mass is 383 g/mol. The highest BCUT2D eigenvalue weighted by Gasteiger charge is 2.28. The van der Waals surface area contributed by atoms with Gasteiger partial charge in [-0.25, -0.2) is 8.42 Å². The van der Waals surface area contributed by atoms with Crippen molar-refractivity contribution in [2.24, 2.45) is 0 Å². The molecule has 0 aliphatic heterocycles. The van der Waals surface area contributed by atoms with E-state index >= 15 is 0 Å². The molecule has 8 heteroatoms. The van der Waals surface area contributed by atoms with E-state index in [2.05, 4.69) is 0 Å². The highest BCUT2D eigenvalue weighted by molar-refractivity contribution is 7.92. The van der Waals surface area contributed by atoms with Crippen LogP contribution in [0.1, 0.15) is 11.1 Å². The number of carbonyl (C=O) groups is 1. The number of sulfonamides is 1. The van der Waals surface area contributed by atoms with Gasteiger partial charge in [0.1, 0.15) is 12.3 Å². The van der Waals surface area contributed by atoms with Crippen LogP contribution in [0, 0.1) is 13.8 Å². The molecule has 0 aromatic heterocycles. The maximum Gasteiger partial charge on any atom is 0.324 e. The lowest BCUT2D eigenvalue weighted by atomic mass is 10.1. The van der Waals surface area contributed by atoms with Gasteiger partial charge in [0.25, 0.3) is 10.0 Å². The van der Waals surface area contributed by atoms with Gasteiger partial charge in [0.15, 0.2) is 0 Å². The van der Waals surface area contributed by atoms with E-state index in [0.717, 1.165) is 15.4 Å². The Labute approximate surface area is 151 Å². The summed E-state index contributed by atoms with van der Waals surface area (Å²) in [4.78, 5) is 11.1. The van der Waals surface area contributed by atoms with E-state index in [0.29, 0.717) is 5.75 Å². The smallest absolute Gasteiger partial charge is 0.324 e. The number of halogens is 1. The van der Waals surface area contributed by atoms with Crippen LogP contribution in [0.3, 0.4) is 0 Å². The summed E-state index contributed by atoms with van der Waals surface area (Å²) >= 11 is 6.01. The third-order valence-electron chi connectivity index (χ3n) is 3.77. The lowest BCUT2D eigenvalue weighted by Gasteiger charge is -2.23. The van der Waals surface area contributed by atoms with E-state index in [1.54, 1.807) is 18.2 Å². The van der Waals surface area contributed by atoms with Gasteiger partial charge in [-0.1, -0.05) is 17.7 Å². The molecule has 0 bridgehead atoms. The summed E-state index contributed by atoms with van der Waals surface area (Å²) in [5.41, 5.74) is 2.11. The molecule has 0 fully saturated rings. The molecule has 6 nitrogen and oxygen atoms in total. The standard InChI is InChI=1S/C17H18ClNO5S/c1-11-4-5-13(8-12(11)2)19(10-17(20)21)25(22,23)14-6-7-16(24-3)15(18)9-14/h4-9H,10H2,1-3H3,(H,20,21). The molecular formula is C17H18ClNO5S. The Kier molecular flexibility index (Phi) is 5.59. The number of hydrogen-bond acceptors (Lipinski definition) is 4. The molecule has 2 rings (SSSR count). The Balaban J connectivity index is 2.57. The Morgan fingerprint density at radius 2 is 1.84 bits per heavy atom. The van der Waals surface area contributed by atoms with Crippen molar-refractivity contribution in [2.45, 2.75) is 18.7 Å². The van der Waals surface area contributed by atoms with Crippen LogP contribution in [0.25, 0.3) is 0 Å². The van der Waals surface area contributed by atoms with Crippen LogP contribution >= 0.6 is 11.6 Å². The van der Waals surface area contributed by atoms with Crippen LogP contribution in [0.15, 0.2) is 41.3 Å². The fourth-order valence-corrected chi connectivity index (χ4v) is 4.01. The lowest BCUT2D eigenvalue weighted by Crippen LogP contribution is -2.35. The average molecular weight is 384 g/mol. The maximum absolute atomic E-state index is 13.0. The first kappa shape index (κ1) is 19.1. The second-order valence-corrected chi connectivity index (χ2v) is 7.74. The number of aryl methyl sites for hydroxylation is 2. The number of rotatable bonds is 6. The topological polar surface area (TPSA) is 83.9 Å². The zero-order chi connectivity index (χ0) is 18.8. The van der Waals surface area contributed by atoms with Crippen LogP contribution in [0.4, 0.5) is 5.69 Å². The summed E-state index contributed by atoms with van der Waals surface area (Å²) in [7, 11) is -2.70. The van der Waals surface area contributed by atoms with E-state index in [9.17, 15) is 13.2 Å². The third kappa shape index (κ3) is 4.05. The lowest BCUT2D eigenvalue weighted by molar-refractivity contribution is -0.135. The van der Waals surface area contributed by atoms with Crippen molar-refractivity contribution < 1.29 is 23.1 Å². The number of aliphatic carboxylic acids is 1. The van der Waals surface area contributed by atoms with E-state index in [4.69, 9.17) is 21.4 Å². The molecule has 0 saturated heterocycles. The minimum atomic E-state index is -4.11. The Hall–Kier alpha value is -2.25. The molecule has 0 unspecified atom stereocenters. The van der Waals surface area contributed by atoms with Crippen molar-refractivity contribution in [1.29, 1.82) is 0 Å². The summed E-state index contributed by atoms with van der Waals surface area (Å²) in [6.07, 6.45) is 0. The minimum absolute atomic E-state index is 0.113. The molecule has 2 aromatic carbocycles. The summed E-state index contributed by atoms with van der Waals surface area (Å²) in [6, 6.07) is 8.96. The van der Waals surface area contributed by atoms with Crippen LogP contribution in [-0.4, -0.2) is 33.1 Å². The number of carboxylic acids is 1. The quantitative estimate of drug-likeness (QED) is 0.827. The van der Waals surface area contributed by atoms with E-state index in [1.165, 1.54) is 25.3 Å². The van der Waals surface area contributed by atoms with E-state index in [-0.39, 0.29) is 15.6 Å². The first-order valence-electron chi connectivity index (χ1n) is 7.32. The van der Waals surface area contributed by atoms with Gasteiger partial charge in [0.2, 0.25) is 0 Å². The molecule has 0 saturated carbocycles. The molecule has 0 amide bonds. The highest BCUT2D eigenvalue weighted by atomic mass is 35.5. The predicted octanol–water partition coefficient (Wildman–Crippen LogP) is 3.25. The number of carboxylic acid groups (broad SMARTS) is 1. The van der Waals surface area contributed by atoms with E-state index < -0.39 is 22.5 Å². The fraction of sp³-hybridized carbons (Fsp3) is 0.235. The number of anilines is 1. The van der Waals surface area contributed by atoms with Crippen LogP contribution in [-0.2, 0) is 14.8 Å². The number of ether oxygens (including phenoxy) is 1. The first-order chi connectivity index (χ1) is 11.7. The van der Waals surface area contributed by atoms with Gasteiger partial charge in [-0.15, -0.1) is 0 Å². The normalized spacial score (nSPS) is 11.2. The van der Waals surface area contributed by atoms with Gasteiger partial charge < -0.3 is 9.84 Å². The Bertz CT molecular complexity index is 911. The number of methoxy groups -OCH3 is 1. The Morgan fingerprint density at radius 1 is 1.16 bits per heavy atom. The molecule has 0 aliphatic rings. The maximum atomic E-state index is 13.0. The average Bonchev–Trinajstić information content (AvgIpc) is 2.55. The molecule has 25 heavy (non-hydrogen) atoms. The summed E-state index contributed by atoms with van der Waals surface area (Å²) < 4.78 is 31.8. The zero-order valence-corrected chi connectivity index (χ0v) is 15.6. The van der Waals surface area contributed by atoms with Crippen molar-refractivity contribution in [3.05, 3.63) is 52.5 Å². The number of nitrogens with zero attached hydrogens (tertiary/aromatic N) is 1. The van der Waals surface area contributed by atoms with Crippen LogP contribution in [0.5, 0.6) is 5.75 Å². The van der Waals surface area contributed by atoms with Crippen molar-refractivity contribution in [1.82, 2.24) is 0 Å². The molecule has 0 spiro atoms. The van der Waals surface area contributed by atoms with Crippen molar-refractivity contribution in [2.75, 3.05) is 18.0 Å². The summed E-state index contributed by atoms with van der Waals surface area (Å²) in [6.45, 7) is 3.02. The number of benzene rings is 2. The Morgan fingerprint density at radius 3 is 2.36 bits per heavy atom. The van der Waals surface area contributed by atoms with Crippen molar-refractivity contribution in [3.63, 3.8) is 0 Å². The fourth-order valence-electron chi connectivity index (χ4n) is 2.25. The van der Waals surface area contributed by atoms with Gasteiger partial charge in [-0.2, -0.15) is 0 Å². The summed E-state index contributed by atoms with van der Waals surface area (Å²) in [5.74, 6) is -0.932. The molecule has 0 heterocycles. The first-order valence-corrected chi connectivity index (χ1v) is 9.14. The molecule has 0 atom stereocenters. The SMILES string of the molecule is COc1ccc(S(=O)(=O)N(CC(=O)O)c2ccc(C)c(C)c2)cc1Cl. The number of hydrogen-bond donors (Lipinski definition) is 1. The molecular weight excluding hydrogens is 366 g/mol. The third-order valence-corrected chi connectivity index (χ3v) is 5.83. The van der Waals surface area contributed by atoms with Gasteiger partial charge in [0, 0.05) is 0 Å². The van der Waals surface area contributed by atoms with Gasteiger partial charge in [0.05, 0.1) is 22.7 Å². The van der Waals surface area contributed by atoms with Crippen LogP contribution < -0.4 is 9.04 Å². The van der Waals surface area contributed by atoms with Gasteiger partial charge in [-0.05, 0) is 55.3 Å². The van der Waals surface area contributed by atoms with Gasteiger partial charge >= 0.3 is 5.97 Å². The summed E-state index contributed by atoms with van der Waals surface area (Å²) in [5, 5.41) is 9.29. The van der Waals surface area contributed by atoms with Crippen molar-refractivity contribution >= 4 is 33.3 Å². The van der Waals surface area contributed by atoms with Crippen LogP contribution in [0.2, 0.25) is 5.02 Å². The predicted molar refractivity (Wildman–Crippen MR) is 96.1 cm³/mol. The molecule has 134 valence electrons. The van der Waals surface area contributed by atoms with Gasteiger partial charge in [-0.3, -0.25) is 9.10 Å². The highest BCUT2D eigenvalue weighted by Crippen LogP contribution is 2.30.